The van der Waals surface area contributed by atoms with Crippen LogP contribution in [0.25, 0.3) is 0 Å². The Hall–Kier alpha value is -1.10. The number of carbonyl (C=O) groups excluding carboxylic acids is 1. The number of carbonyl (C=O) groups is 2. The van der Waals surface area contributed by atoms with Gasteiger partial charge in [-0.15, -0.1) is 0 Å². The highest BCUT2D eigenvalue weighted by Gasteiger charge is 2.23. The third kappa shape index (κ3) is 7.82. The zero-order valence-electron chi connectivity index (χ0n) is 12.3. The van der Waals surface area contributed by atoms with Crippen LogP contribution in [0.2, 0.25) is 0 Å². The van der Waals surface area contributed by atoms with E-state index < -0.39 is 12.0 Å². The monoisotopic (exact) mass is 273 g/mol. The van der Waals surface area contributed by atoms with Crippen molar-refractivity contribution in [2.75, 3.05) is 13.7 Å². The first-order chi connectivity index (χ1) is 9.06. The van der Waals surface area contributed by atoms with E-state index in [0.29, 0.717) is 19.4 Å². The summed E-state index contributed by atoms with van der Waals surface area (Å²) in [4.78, 5) is 23.1. The summed E-state index contributed by atoms with van der Waals surface area (Å²) in [7, 11) is 1.58. The van der Waals surface area contributed by atoms with Crippen LogP contribution in [-0.4, -0.2) is 36.7 Å². The largest absolute Gasteiger partial charge is 0.480 e. The van der Waals surface area contributed by atoms with Crippen molar-refractivity contribution in [3.05, 3.63) is 0 Å². The van der Waals surface area contributed by atoms with Crippen LogP contribution < -0.4 is 5.32 Å². The first-order valence-corrected chi connectivity index (χ1v) is 7.08. The normalized spacial score (nSPS) is 13.8. The van der Waals surface area contributed by atoms with Crippen molar-refractivity contribution in [1.82, 2.24) is 5.32 Å². The number of hydrogen-bond donors (Lipinski definition) is 2. The standard InChI is InChI=1S/C14H27NO4/c1-4-6-8-11(5-2)13(16)15-12(14(17)18)9-7-10-19-3/h11-12H,4-10H2,1-3H3,(H,15,16)(H,17,18). The van der Waals surface area contributed by atoms with E-state index in [9.17, 15) is 9.59 Å². The molecule has 0 aliphatic heterocycles. The number of unbranched alkanes of at least 4 members (excludes halogenated alkanes) is 1. The van der Waals surface area contributed by atoms with E-state index in [1.807, 2.05) is 6.92 Å². The van der Waals surface area contributed by atoms with Crippen molar-refractivity contribution in [3.8, 4) is 0 Å². The second-order valence-electron chi connectivity index (χ2n) is 4.78. The first-order valence-electron chi connectivity index (χ1n) is 7.08. The molecule has 0 aromatic rings. The molecule has 0 rings (SSSR count). The molecule has 0 saturated carbocycles. The van der Waals surface area contributed by atoms with Gasteiger partial charge in [0.1, 0.15) is 6.04 Å². The Morgan fingerprint density at radius 2 is 1.89 bits per heavy atom. The van der Waals surface area contributed by atoms with Gasteiger partial charge < -0.3 is 15.2 Å². The highest BCUT2D eigenvalue weighted by atomic mass is 16.5. The van der Waals surface area contributed by atoms with Gasteiger partial charge in [0.25, 0.3) is 0 Å². The second kappa shape index (κ2) is 10.8. The molecule has 112 valence electrons. The lowest BCUT2D eigenvalue weighted by molar-refractivity contribution is -0.142. The van der Waals surface area contributed by atoms with Gasteiger partial charge in [-0.3, -0.25) is 4.79 Å². The van der Waals surface area contributed by atoms with Gasteiger partial charge in [-0.1, -0.05) is 26.7 Å². The number of hydrogen-bond acceptors (Lipinski definition) is 3. The van der Waals surface area contributed by atoms with Gasteiger partial charge in [-0.2, -0.15) is 0 Å². The Kier molecular flexibility index (Phi) is 10.2. The average Bonchev–Trinajstić information content (AvgIpc) is 2.38. The molecule has 0 radical (unpaired) electrons. The van der Waals surface area contributed by atoms with Crippen LogP contribution in [0.4, 0.5) is 0 Å². The molecule has 0 aromatic heterocycles. The van der Waals surface area contributed by atoms with Crippen molar-refractivity contribution in [2.45, 2.75) is 58.4 Å². The molecule has 19 heavy (non-hydrogen) atoms. The fraction of sp³-hybridized carbons (Fsp3) is 0.857. The van der Waals surface area contributed by atoms with Crippen molar-refractivity contribution >= 4 is 11.9 Å². The number of rotatable bonds is 11. The average molecular weight is 273 g/mol. The highest BCUT2D eigenvalue weighted by molar-refractivity contribution is 5.84. The summed E-state index contributed by atoms with van der Waals surface area (Å²) in [5, 5.41) is 11.7. The second-order valence-corrected chi connectivity index (χ2v) is 4.78. The predicted octanol–water partition coefficient (Wildman–Crippen LogP) is 2.20. The summed E-state index contributed by atoms with van der Waals surface area (Å²) in [6, 6.07) is -0.807. The van der Waals surface area contributed by atoms with Crippen LogP contribution in [0.15, 0.2) is 0 Å². The van der Waals surface area contributed by atoms with Crippen molar-refractivity contribution in [3.63, 3.8) is 0 Å². The molecule has 1 amide bonds. The molecule has 5 nitrogen and oxygen atoms in total. The van der Waals surface area contributed by atoms with Crippen LogP contribution in [0, 0.1) is 5.92 Å². The number of carboxylic acid groups (broad SMARTS) is 1. The minimum absolute atomic E-state index is 0.0794. The highest BCUT2D eigenvalue weighted by Crippen LogP contribution is 2.13. The number of ether oxygens (including phenoxy) is 1. The van der Waals surface area contributed by atoms with Crippen LogP contribution in [-0.2, 0) is 14.3 Å². The van der Waals surface area contributed by atoms with Crippen molar-refractivity contribution in [2.24, 2.45) is 5.92 Å². The van der Waals surface area contributed by atoms with E-state index in [1.165, 1.54) is 0 Å². The summed E-state index contributed by atoms with van der Waals surface area (Å²) in [6.45, 7) is 4.54. The maximum atomic E-state index is 12.0. The third-order valence-electron chi connectivity index (χ3n) is 3.23. The van der Waals surface area contributed by atoms with Crippen LogP contribution in [0.5, 0.6) is 0 Å². The molecule has 0 heterocycles. The van der Waals surface area contributed by atoms with Crippen LogP contribution in [0.3, 0.4) is 0 Å². The first kappa shape index (κ1) is 17.9. The van der Waals surface area contributed by atoms with Crippen molar-refractivity contribution < 1.29 is 19.4 Å². The van der Waals surface area contributed by atoms with Gasteiger partial charge in [0.05, 0.1) is 0 Å². The number of methoxy groups -OCH3 is 1. The fourth-order valence-electron chi connectivity index (χ4n) is 1.95. The molecule has 0 fully saturated rings. The molecule has 0 aromatic carbocycles. The molecule has 2 unspecified atom stereocenters. The lowest BCUT2D eigenvalue weighted by Crippen LogP contribution is -2.43. The summed E-state index contributed by atoms with van der Waals surface area (Å²) in [5.41, 5.74) is 0. The smallest absolute Gasteiger partial charge is 0.326 e. The number of aliphatic carboxylic acids is 1. The predicted molar refractivity (Wildman–Crippen MR) is 74.0 cm³/mol. The van der Waals surface area contributed by atoms with E-state index >= 15 is 0 Å². The fourth-order valence-corrected chi connectivity index (χ4v) is 1.95. The molecule has 0 aliphatic rings. The minimum atomic E-state index is -0.977. The van der Waals surface area contributed by atoms with Gasteiger partial charge in [0, 0.05) is 19.6 Å². The molecular weight excluding hydrogens is 246 g/mol. The van der Waals surface area contributed by atoms with Gasteiger partial charge >= 0.3 is 5.97 Å². The molecule has 0 spiro atoms. The van der Waals surface area contributed by atoms with Gasteiger partial charge in [0.15, 0.2) is 0 Å². The zero-order valence-corrected chi connectivity index (χ0v) is 12.3. The molecule has 0 aliphatic carbocycles. The van der Waals surface area contributed by atoms with E-state index in [-0.39, 0.29) is 11.8 Å². The Balaban J connectivity index is 4.30. The lowest BCUT2D eigenvalue weighted by Gasteiger charge is -2.19. The Bertz CT molecular complexity index is 268. The Labute approximate surface area is 115 Å². The van der Waals surface area contributed by atoms with Crippen molar-refractivity contribution in [1.29, 1.82) is 0 Å². The number of nitrogens with one attached hydrogen (secondary N) is 1. The molecule has 5 heteroatoms. The summed E-state index contributed by atoms with van der Waals surface area (Å²) in [6.07, 6.45) is 4.63. The molecular formula is C14H27NO4. The quantitative estimate of drug-likeness (QED) is 0.566. The van der Waals surface area contributed by atoms with E-state index in [4.69, 9.17) is 9.84 Å². The lowest BCUT2D eigenvalue weighted by atomic mass is 9.97. The summed E-state index contributed by atoms with van der Waals surface area (Å²) >= 11 is 0. The maximum Gasteiger partial charge on any atom is 0.326 e. The molecule has 0 bridgehead atoms. The minimum Gasteiger partial charge on any atom is -0.480 e. The SMILES string of the molecule is CCCCC(CC)C(=O)NC(CCCOC)C(=O)O. The molecule has 0 saturated heterocycles. The summed E-state index contributed by atoms with van der Waals surface area (Å²) in [5.74, 6) is -1.19. The summed E-state index contributed by atoms with van der Waals surface area (Å²) < 4.78 is 4.89. The van der Waals surface area contributed by atoms with Gasteiger partial charge in [-0.05, 0) is 25.7 Å². The van der Waals surface area contributed by atoms with Gasteiger partial charge in [0.2, 0.25) is 5.91 Å². The molecule has 2 N–H and O–H groups in total. The topological polar surface area (TPSA) is 75.6 Å². The Morgan fingerprint density at radius 1 is 1.21 bits per heavy atom. The molecule has 2 atom stereocenters. The number of amides is 1. The van der Waals surface area contributed by atoms with E-state index in [1.54, 1.807) is 7.11 Å². The van der Waals surface area contributed by atoms with E-state index in [2.05, 4.69) is 12.2 Å². The third-order valence-corrected chi connectivity index (χ3v) is 3.23. The van der Waals surface area contributed by atoms with E-state index in [0.717, 1.165) is 25.7 Å². The maximum absolute atomic E-state index is 12.0. The van der Waals surface area contributed by atoms with Crippen LogP contribution >= 0.6 is 0 Å². The van der Waals surface area contributed by atoms with Gasteiger partial charge in [-0.25, -0.2) is 4.79 Å². The zero-order chi connectivity index (χ0) is 14.7. The van der Waals surface area contributed by atoms with Crippen LogP contribution in [0.1, 0.15) is 52.4 Å². The Morgan fingerprint density at radius 3 is 2.37 bits per heavy atom. The number of carboxylic acids is 1.